The van der Waals surface area contributed by atoms with E-state index in [1.807, 2.05) is 11.0 Å². The highest BCUT2D eigenvalue weighted by Crippen LogP contribution is 2.31. The van der Waals surface area contributed by atoms with Gasteiger partial charge in [0, 0.05) is 31.9 Å². The number of benzene rings is 2. The molecule has 1 saturated heterocycles. The van der Waals surface area contributed by atoms with Crippen molar-refractivity contribution < 1.29 is 22.7 Å². The van der Waals surface area contributed by atoms with E-state index in [-0.39, 0.29) is 5.69 Å². The second kappa shape index (κ2) is 8.36. The quantitative estimate of drug-likeness (QED) is 0.718. The number of rotatable bonds is 3. The Labute approximate surface area is 169 Å². The van der Waals surface area contributed by atoms with E-state index >= 15 is 0 Å². The van der Waals surface area contributed by atoms with Crippen molar-refractivity contribution in [3.8, 4) is 5.75 Å². The standard InChI is InChI=1S/C18H16Cl2F3N3O2/c19-13-6-5-12(11-14(13)20)25-7-9-26(10-8-25)17(27)24-15-3-1-2-4-16(15)28-18(21,22)23/h1-6,11H,7-10H2,(H,24,27). The van der Waals surface area contributed by atoms with Crippen molar-refractivity contribution >= 4 is 40.6 Å². The van der Waals surface area contributed by atoms with Gasteiger partial charge in [-0.3, -0.25) is 0 Å². The van der Waals surface area contributed by atoms with Crippen LogP contribution in [0.5, 0.6) is 5.75 Å². The van der Waals surface area contributed by atoms with Crippen molar-refractivity contribution in [2.75, 3.05) is 36.4 Å². The molecule has 1 aliphatic heterocycles. The number of alkyl halides is 3. The molecule has 1 aliphatic rings. The molecular weight excluding hydrogens is 418 g/mol. The van der Waals surface area contributed by atoms with Crippen LogP contribution in [-0.4, -0.2) is 43.5 Å². The molecule has 0 unspecified atom stereocenters. The molecule has 2 aromatic carbocycles. The molecule has 3 rings (SSSR count). The van der Waals surface area contributed by atoms with Crippen LogP contribution in [0.25, 0.3) is 0 Å². The lowest BCUT2D eigenvalue weighted by Gasteiger charge is -2.36. The van der Waals surface area contributed by atoms with Gasteiger partial charge in [-0.1, -0.05) is 35.3 Å². The zero-order chi connectivity index (χ0) is 20.3. The predicted molar refractivity (Wildman–Crippen MR) is 102 cm³/mol. The molecular formula is C18H16Cl2F3N3O2. The van der Waals surface area contributed by atoms with Crippen LogP contribution < -0.4 is 15.0 Å². The molecule has 5 nitrogen and oxygen atoms in total. The number of para-hydroxylation sites is 2. The summed E-state index contributed by atoms with van der Waals surface area (Å²) in [5.41, 5.74) is 0.843. The Bertz CT molecular complexity index is 856. The summed E-state index contributed by atoms with van der Waals surface area (Å²) in [6.07, 6.45) is -4.84. The maximum Gasteiger partial charge on any atom is 0.573 e. The van der Waals surface area contributed by atoms with Crippen LogP contribution >= 0.6 is 23.2 Å². The third kappa shape index (κ3) is 5.14. The van der Waals surface area contributed by atoms with Gasteiger partial charge in [0.2, 0.25) is 0 Å². The van der Waals surface area contributed by atoms with Gasteiger partial charge in [-0.25, -0.2) is 4.79 Å². The molecule has 0 saturated carbocycles. The Morgan fingerprint density at radius 2 is 1.68 bits per heavy atom. The normalized spacial score (nSPS) is 14.8. The number of nitrogens with zero attached hydrogens (tertiary/aromatic N) is 2. The summed E-state index contributed by atoms with van der Waals surface area (Å²) in [5.74, 6) is -0.460. The number of carbonyl (C=O) groups is 1. The number of hydrogen-bond acceptors (Lipinski definition) is 3. The summed E-state index contributed by atoms with van der Waals surface area (Å²) in [7, 11) is 0. The minimum atomic E-state index is -4.84. The number of ether oxygens (including phenoxy) is 1. The number of amides is 2. The van der Waals surface area contributed by atoms with Gasteiger partial charge in [0.25, 0.3) is 0 Å². The lowest BCUT2D eigenvalue weighted by molar-refractivity contribution is -0.274. The topological polar surface area (TPSA) is 44.8 Å². The first-order chi connectivity index (χ1) is 13.2. The maximum atomic E-state index is 12.5. The van der Waals surface area contributed by atoms with E-state index in [0.717, 1.165) is 11.8 Å². The fourth-order valence-electron chi connectivity index (χ4n) is 2.83. The van der Waals surface area contributed by atoms with Gasteiger partial charge in [-0.05, 0) is 30.3 Å². The van der Waals surface area contributed by atoms with Crippen LogP contribution in [0, 0.1) is 0 Å². The highest BCUT2D eigenvalue weighted by atomic mass is 35.5. The van der Waals surface area contributed by atoms with Crippen LogP contribution in [0.3, 0.4) is 0 Å². The zero-order valence-corrected chi connectivity index (χ0v) is 16.0. The van der Waals surface area contributed by atoms with E-state index in [2.05, 4.69) is 10.1 Å². The molecule has 0 bridgehead atoms. The first-order valence-electron chi connectivity index (χ1n) is 8.33. The second-order valence-corrected chi connectivity index (χ2v) is 6.86. The van der Waals surface area contributed by atoms with Crippen molar-refractivity contribution in [2.24, 2.45) is 0 Å². The number of hydrogen-bond donors (Lipinski definition) is 1. The van der Waals surface area contributed by atoms with Crippen molar-refractivity contribution in [3.63, 3.8) is 0 Å². The van der Waals surface area contributed by atoms with Gasteiger partial charge in [0.1, 0.15) is 0 Å². The summed E-state index contributed by atoms with van der Waals surface area (Å²) >= 11 is 12.0. The number of urea groups is 1. The van der Waals surface area contributed by atoms with Crippen LogP contribution in [0.4, 0.5) is 29.3 Å². The average molecular weight is 434 g/mol. The molecule has 0 aliphatic carbocycles. The fraction of sp³-hybridized carbons (Fsp3) is 0.278. The smallest absolute Gasteiger partial charge is 0.404 e. The molecule has 2 aromatic rings. The van der Waals surface area contributed by atoms with Crippen LogP contribution in [-0.2, 0) is 0 Å². The minimum absolute atomic E-state index is 0.0447. The predicted octanol–water partition coefficient (Wildman–Crippen LogP) is 5.25. The molecule has 0 aromatic heterocycles. The van der Waals surface area contributed by atoms with E-state index in [1.165, 1.54) is 23.1 Å². The molecule has 0 spiro atoms. The molecule has 10 heteroatoms. The van der Waals surface area contributed by atoms with Gasteiger partial charge >= 0.3 is 12.4 Å². The molecule has 1 N–H and O–H groups in total. The number of piperazine rings is 1. The lowest BCUT2D eigenvalue weighted by Crippen LogP contribution is -2.50. The van der Waals surface area contributed by atoms with Gasteiger partial charge in [0.15, 0.2) is 5.75 Å². The summed E-state index contributed by atoms with van der Waals surface area (Å²) < 4.78 is 41.5. The van der Waals surface area contributed by atoms with E-state index in [4.69, 9.17) is 23.2 Å². The van der Waals surface area contributed by atoms with Crippen molar-refractivity contribution in [1.29, 1.82) is 0 Å². The van der Waals surface area contributed by atoms with E-state index in [0.29, 0.717) is 36.2 Å². The molecule has 150 valence electrons. The molecule has 1 fully saturated rings. The first-order valence-corrected chi connectivity index (χ1v) is 9.09. The molecule has 1 heterocycles. The van der Waals surface area contributed by atoms with E-state index in [9.17, 15) is 18.0 Å². The van der Waals surface area contributed by atoms with Crippen LogP contribution in [0.2, 0.25) is 10.0 Å². The summed E-state index contributed by atoms with van der Waals surface area (Å²) in [5, 5.41) is 3.39. The summed E-state index contributed by atoms with van der Waals surface area (Å²) in [6.45, 7) is 1.89. The summed E-state index contributed by atoms with van der Waals surface area (Å²) in [6, 6.07) is 10.2. The Morgan fingerprint density at radius 1 is 1.00 bits per heavy atom. The van der Waals surface area contributed by atoms with Gasteiger partial charge < -0.3 is 19.9 Å². The lowest BCUT2D eigenvalue weighted by atomic mass is 10.2. The molecule has 28 heavy (non-hydrogen) atoms. The van der Waals surface area contributed by atoms with Gasteiger partial charge in [-0.15, -0.1) is 13.2 Å². The van der Waals surface area contributed by atoms with Crippen LogP contribution in [0.15, 0.2) is 42.5 Å². The van der Waals surface area contributed by atoms with Gasteiger partial charge in [-0.2, -0.15) is 0 Å². The maximum absolute atomic E-state index is 12.5. The molecule has 2 amide bonds. The Kier molecular flexibility index (Phi) is 6.10. The molecule has 0 radical (unpaired) electrons. The van der Waals surface area contributed by atoms with Crippen molar-refractivity contribution in [3.05, 3.63) is 52.5 Å². The third-order valence-corrected chi connectivity index (χ3v) is 4.93. The number of carbonyl (C=O) groups excluding carboxylic acids is 1. The highest BCUT2D eigenvalue weighted by Gasteiger charge is 2.32. The zero-order valence-electron chi connectivity index (χ0n) is 14.5. The number of halogens is 5. The van der Waals surface area contributed by atoms with Crippen LogP contribution in [0.1, 0.15) is 0 Å². The van der Waals surface area contributed by atoms with Crippen molar-refractivity contribution in [2.45, 2.75) is 6.36 Å². The van der Waals surface area contributed by atoms with E-state index in [1.54, 1.807) is 12.1 Å². The average Bonchev–Trinajstić information content (AvgIpc) is 2.64. The van der Waals surface area contributed by atoms with E-state index < -0.39 is 18.1 Å². The highest BCUT2D eigenvalue weighted by molar-refractivity contribution is 6.42. The van der Waals surface area contributed by atoms with Gasteiger partial charge in [0.05, 0.1) is 15.7 Å². The Hall–Kier alpha value is -2.32. The Balaban J connectivity index is 1.61. The molecule has 0 atom stereocenters. The largest absolute Gasteiger partial charge is 0.573 e. The Morgan fingerprint density at radius 3 is 2.32 bits per heavy atom. The summed E-state index contributed by atoms with van der Waals surface area (Å²) in [4.78, 5) is 16.0. The second-order valence-electron chi connectivity index (χ2n) is 6.05. The van der Waals surface area contributed by atoms with Crippen molar-refractivity contribution in [1.82, 2.24) is 4.90 Å². The minimum Gasteiger partial charge on any atom is -0.404 e. The first kappa shape index (κ1) is 20.4. The fourth-order valence-corrected chi connectivity index (χ4v) is 3.12. The SMILES string of the molecule is O=C(Nc1ccccc1OC(F)(F)F)N1CCN(c2ccc(Cl)c(Cl)c2)CC1. The number of nitrogens with one attached hydrogen (secondary N) is 1. The third-order valence-electron chi connectivity index (χ3n) is 4.19. The monoisotopic (exact) mass is 433 g/mol. The number of anilines is 2.